The van der Waals surface area contributed by atoms with Crippen molar-refractivity contribution < 1.29 is 29.1 Å². The quantitative estimate of drug-likeness (QED) is 0.0370. The summed E-state index contributed by atoms with van der Waals surface area (Å²) in [6.45, 7) is 11.6. The molecule has 0 atom stereocenters. The minimum absolute atomic E-state index is 0.00449. The van der Waals surface area contributed by atoms with Crippen molar-refractivity contribution in [2.45, 2.75) is 246 Å². The summed E-state index contributed by atoms with van der Waals surface area (Å²) in [7, 11) is 4.08. The van der Waals surface area contributed by atoms with Crippen LogP contribution in [-0.2, 0) is 23.9 Å². The average molecular weight is 797 g/mol. The lowest BCUT2D eigenvalue weighted by Gasteiger charge is -2.23. The van der Waals surface area contributed by atoms with E-state index >= 15 is 0 Å². The molecule has 0 amide bonds. The second kappa shape index (κ2) is 41.9. The summed E-state index contributed by atoms with van der Waals surface area (Å²) in [6.07, 6.45) is 36.6. The molecule has 56 heavy (non-hydrogen) atoms. The van der Waals surface area contributed by atoms with Gasteiger partial charge in [0, 0.05) is 12.8 Å². The van der Waals surface area contributed by atoms with Crippen molar-refractivity contribution in [1.29, 1.82) is 0 Å². The standard InChI is InChI=1S/C48H96N2O6/c1-7-11-21-30-44(31-22-12-8-2)38-42-54-47(51)36-27-19-15-17-25-34-46(56-50(53)41-29-40-49(5)6)35-26-18-16-20-28-37-48(52)55-43-39-45(32-23-13-9-3)33-24-14-10-4/h44-46,53H,7-43H2,1-6H3. The largest absolute Gasteiger partial charge is 0.466 e. The van der Waals surface area contributed by atoms with Crippen LogP contribution < -0.4 is 0 Å². The molecule has 0 bridgehead atoms. The lowest BCUT2D eigenvalue weighted by Crippen LogP contribution is -2.29. The van der Waals surface area contributed by atoms with E-state index in [0.29, 0.717) is 44.4 Å². The summed E-state index contributed by atoms with van der Waals surface area (Å²) < 4.78 is 11.3. The number of ether oxygens (including phenoxy) is 2. The second-order valence-corrected chi connectivity index (χ2v) is 17.3. The van der Waals surface area contributed by atoms with Crippen LogP contribution in [0.4, 0.5) is 0 Å². The number of carbonyl (C=O) groups is 2. The summed E-state index contributed by atoms with van der Waals surface area (Å²) in [6, 6.07) is 0. The van der Waals surface area contributed by atoms with Crippen molar-refractivity contribution in [2.75, 3.05) is 40.4 Å². The molecular formula is C48H96N2O6. The molecule has 0 aromatic heterocycles. The summed E-state index contributed by atoms with van der Waals surface area (Å²) >= 11 is 0. The van der Waals surface area contributed by atoms with Crippen molar-refractivity contribution in [3.05, 3.63) is 0 Å². The van der Waals surface area contributed by atoms with E-state index in [1.165, 1.54) is 103 Å². The number of hydrogen-bond donors (Lipinski definition) is 1. The molecule has 0 aliphatic carbocycles. The van der Waals surface area contributed by atoms with Gasteiger partial charge in [-0.3, -0.25) is 19.6 Å². The molecule has 0 aromatic rings. The van der Waals surface area contributed by atoms with Crippen molar-refractivity contribution in [3.63, 3.8) is 0 Å². The van der Waals surface area contributed by atoms with Gasteiger partial charge in [-0.25, -0.2) is 0 Å². The van der Waals surface area contributed by atoms with Gasteiger partial charge in [0.2, 0.25) is 0 Å². The SMILES string of the molecule is CCCCCC(CCCCC)CCOC(=O)CCCCCCCC(CCCCCCCC(=O)OCCC(CCCCC)CCCCC)ON(O)CCCN(C)C. The zero-order chi connectivity index (χ0) is 41.3. The Morgan fingerprint density at radius 2 is 0.804 bits per heavy atom. The lowest BCUT2D eigenvalue weighted by molar-refractivity contribution is -0.362. The first-order chi connectivity index (χ1) is 27.2. The molecule has 0 heterocycles. The van der Waals surface area contributed by atoms with Gasteiger partial charge < -0.3 is 14.4 Å². The van der Waals surface area contributed by atoms with Gasteiger partial charge in [0.05, 0.1) is 25.9 Å². The van der Waals surface area contributed by atoms with Crippen LogP contribution in [-0.4, -0.2) is 73.8 Å². The maximum Gasteiger partial charge on any atom is 0.305 e. The van der Waals surface area contributed by atoms with Crippen molar-refractivity contribution in [3.8, 4) is 0 Å². The van der Waals surface area contributed by atoms with E-state index in [1.807, 2.05) is 14.1 Å². The van der Waals surface area contributed by atoms with E-state index in [2.05, 4.69) is 32.6 Å². The molecule has 0 rings (SSSR count). The molecular weight excluding hydrogens is 701 g/mol. The molecule has 1 N–H and O–H groups in total. The van der Waals surface area contributed by atoms with Gasteiger partial charge in [0.1, 0.15) is 0 Å². The molecule has 8 nitrogen and oxygen atoms in total. The number of hydroxylamine groups is 2. The Labute approximate surface area is 348 Å². The highest BCUT2D eigenvalue weighted by Crippen LogP contribution is 2.23. The first-order valence-corrected chi connectivity index (χ1v) is 24.3. The van der Waals surface area contributed by atoms with Crippen LogP contribution in [0.3, 0.4) is 0 Å². The molecule has 0 unspecified atom stereocenters. The van der Waals surface area contributed by atoms with Crippen molar-refractivity contribution in [2.24, 2.45) is 11.8 Å². The number of hydrogen-bond acceptors (Lipinski definition) is 8. The predicted octanol–water partition coefficient (Wildman–Crippen LogP) is 13.8. The monoisotopic (exact) mass is 797 g/mol. The van der Waals surface area contributed by atoms with E-state index in [0.717, 1.165) is 108 Å². The van der Waals surface area contributed by atoms with Gasteiger partial charge in [0.15, 0.2) is 0 Å². The van der Waals surface area contributed by atoms with E-state index in [-0.39, 0.29) is 18.0 Å². The van der Waals surface area contributed by atoms with Gasteiger partial charge in [-0.05, 0) is 77.4 Å². The molecule has 0 aliphatic rings. The Balaban J connectivity index is 4.34. The molecule has 0 saturated carbocycles. The third-order valence-corrected chi connectivity index (χ3v) is 11.5. The van der Waals surface area contributed by atoms with Crippen LogP contribution in [0.25, 0.3) is 0 Å². The molecule has 0 radical (unpaired) electrons. The minimum Gasteiger partial charge on any atom is -0.466 e. The molecule has 0 saturated heterocycles. The fourth-order valence-corrected chi connectivity index (χ4v) is 7.76. The highest BCUT2D eigenvalue weighted by Gasteiger charge is 2.15. The Hall–Kier alpha value is -1.22. The minimum atomic E-state index is -0.0359. The molecule has 334 valence electrons. The van der Waals surface area contributed by atoms with E-state index in [4.69, 9.17) is 14.3 Å². The lowest BCUT2D eigenvalue weighted by atomic mass is 9.92. The molecule has 0 aromatic carbocycles. The smallest absolute Gasteiger partial charge is 0.305 e. The highest BCUT2D eigenvalue weighted by molar-refractivity contribution is 5.69. The van der Waals surface area contributed by atoms with E-state index in [1.54, 1.807) is 0 Å². The van der Waals surface area contributed by atoms with E-state index < -0.39 is 0 Å². The summed E-state index contributed by atoms with van der Waals surface area (Å²) in [5, 5.41) is 11.5. The van der Waals surface area contributed by atoms with Gasteiger partial charge in [-0.2, -0.15) is 0 Å². The Morgan fingerprint density at radius 1 is 0.446 bits per heavy atom. The first-order valence-electron chi connectivity index (χ1n) is 24.3. The molecule has 0 spiro atoms. The van der Waals surface area contributed by atoms with Crippen molar-refractivity contribution in [1.82, 2.24) is 10.1 Å². The maximum atomic E-state index is 12.4. The molecule has 8 heteroatoms. The summed E-state index contributed by atoms with van der Waals surface area (Å²) in [5.74, 6) is 1.32. The maximum absolute atomic E-state index is 12.4. The third-order valence-electron chi connectivity index (χ3n) is 11.5. The molecule has 0 fully saturated rings. The highest BCUT2D eigenvalue weighted by atomic mass is 16.9. The van der Waals surface area contributed by atoms with Crippen molar-refractivity contribution >= 4 is 11.9 Å². The van der Waals surface area contributed by atoms with Gasteiger partial charge in [-0.1, -0.05) is 187 Å². The van der Waals surface area contributed by atoms with Gasteiger partial charge in [-0.15, -0.1) is 0 Å². The Bertz CT molecular complexity index is 766. The van der Waals surface area contributed by atoms with Crippen LogP contribution in [0.5, 0.6) is 0 Å². The number of rotatable bonds is 44. The number of unbranched alkanes of at least 4 members (excludes halogenated alkanes) is 16. The van der Waals surface area contributed by atoms with Crippen LogP contribution in [0.15, 0.2) is 0 Å². The zero-order valence-corrected chi connectivity index (χ0v) is 38.3. The van der Waals surface area contributed by atoms with Crippen LogP contribution >= 0.6 is 0 Å². The first kappa shape index (κ1) is 54.8. The van der Waals surface area contributed by atoms with Crippen LogP contribution in [0, 0.1) is 11.8 Å². The fourth-order valence-electron chi connectivity index (χ4n) is 7.76. The fraction of sp³-hybridized carbons (Fsp3) is 0.958. The van der Waals surface area contributed by atoms with E-state index in [9.17, 15) is 14.8 Å². The number of carbonyl (C=O) groups excluding carboxylic acids is 2. The molecule has 0 aliphatic heterocycles. The number of esters is 2. The summed E-state index contributed by atoms with van der Waals surface area (Å²) in [4.78, 5) is 32.9. The van der Waals surface area contributed by atoms with Crippen LogP contribution in [0.2, 0.25) is 0 Å². The van der Waals surface area contributed by atoms with Crippen LogP contribution in [0.1, 0.15) is 240 Å². The Morgan fingerprint density at radius 3 is 1.18 bits per heavy atom. The third kappa shape index (κ3) is 38.3. The normalized spacial score (nSPS) is 11.9. The van der Waals surface area contributed by atoms with Gasteiger partial charge in [0.25, 0.3) is 0 Å². The predicted molar refractivity (Wildman–Crippen MR) is 236 cm³/mol. The topological polar surface area (TPSA) is 88.5 Å². The summed E-state index contributed by atoms with van der Waals surface area (Å²) in [5.41, 5.74) is 0. The van der Waals surface area contributed by atoms with Gasteiger partial charge >= 0.3 is 11.9 Å². The average Bonchev–Trinajstić information content (AvgIpc) is 3.16. The number of nitrogens with zero attached hydrogens (tertiary/aromatic N) is 2. The second-order valence-electron chi connectivity index (χ2n) is 17.3. The Kier molecular flexibility index (Phi) is 41.0. The zero-order valence-electron chi connectivity index (χ0n) is 38.3.